The van der Waals surface area contributed by atoms with Crippen LogP contribution >= 0.6 is 0 Å². The number of ketones is 1. The number of aliphatic hydroxyl groups is 2. The summed E-state index contributed by atoms with van der Waals surface area (Å²) in [6.45, 7) is 20.3. The van der Waals surface area contributed by atoms with E-state index in [0.29, 0.717) is 57.9 Å². The highest BCUT2D eigenvalue weighted by molar-refractivity contribution is 5.84. The van der Waals surface area contributed by atoms with Gasteiger partial charge in [-0.15, -0.1) is 0 Å². The van der Waals surface area contributed by atoms with Crippen LogP contribution in [-0.2, 0) is 39.8 Å². The minimum atomic E-state index is -1.22. The van der Waals surface area contributed by atoms with Crippen LogP contribution in [0.1, 0.15) is 139 Å². The van der Waals surface area contributed by atoms with Crippen LogP contribution < -0.4 is 5.32 Å². The first-order chi connectivity index (χ1) is 28.8. The van der Waals surface area contributed by atoms with Gasteiger partial charge < -0.3 is 44.3 Å². The van der Waals surface area contributed by atoms with Crippen molar-refractivity contribution in [3.8, 4) is 0 Å². The molecule has 0 amide bonds. The first-order valence-corrected chi connectivity index (χ1v) is 23.5. The number of ether oxygens (including phenoxy) is 5. The number of aliphatic hydroxyl groups excluding tert-OH is 1. The number of rotatable bonds is 15. The molecule has 1 aromatic rings. The molecule has 12 heteroatoms. The number of carboxylic acids is 1. The first-order valence-electron chi connectivity index (χ1n) is 23.5. The number of aliphatic carboxylic acids is 1. The van der Waals surface area contributed by atoms with Gasteiger partial charge in [-0.05, 0) is 107 Å². The van der Waals surface area contributed by atoms with Crippen LogP contribution in [0.3, 0.4) is 0 Å². The van der Waals surface area contributed by atoms with Gasteiger partial charge in [0.15, 0.2) is 11.6 Å². The zero-order chi connectivity index (χ0) is 44.7. The second-order valence-corrected chi connectivity index (χ2v) is 20.0. The van der Waals surface area contributed by atoms with Crippen molar-refractivity contribution in [1.29, 1.82) is 0 Å². The number of hydrogen-bond acceptors (Lipinski definition) is 10. The maximum Gasteiger partial charge on any atom is 0.309 e. The van der Waals surface area contributed by atoms with Gasteiger partial charge in [-0.1, -0.05) is 73.6 Å². The van der Waals surface area contributed by atoms with Crippen molar-refractivity contribution in [2.75, 3.05) is 0 Å². The number of carboxylic acid groups (broad SMARTS) is 1. The Kier molecular flexibility index (Phi) is 15.0. The van der Waals surface area contributed by atoms with Crippen LogP contribution in [0.25, 0.3) is 0 Å². The molecule has 4 saturated heterocycles. The summed E-state index contributed by atoms with van der Waals surface area (Å²) in [4.78, 5) is 26.7. The third kappa shape index (κ3) is 9.58. The second-order valence-electron chi connectivity index (χ2n) is 20.0. The van der Waals surface area contributed by atoms with Gasteiger partial charge in [-0.25, -0.2) is 4.39 Å². The lowest BCUT2D eigenvalue weighted by atomic mass is 9.72. The molecule has 18 atom stereocenters. The molecule has 4 N–H and O–H groups in total. The molecular weight excluding hydrogens is 782 g/mol. The van der Waals surface area contributed by atoms with E-state index < -0.39 is 76.8 Å². The van der Waals surface area contributed by atoms with E-state index in [9.17, 15) is 29.3 Å². The Morgan fingerprint density at radius 3 is 2.21 bits per heavy atom. The molecule has 0 aromatic heterocycles. The third-order valence-corrected chi connectivity index (χ3v) is 15.9. The highest BCUT2D eigenvalue weighted by Gasteiger charge is 2.63. The molecule has 0 unspecified atom stereocenters. The smallest absolute Gasteiger partial charge is 0.309 e. The SMILES string of the molecule is CC[C@@H](C(=O)[C@@H](C)[C@@H](O)[C@H](C)[C@@H]1O[C@@H]([C@@H](CC)C(=O)O)CC[C@@H]1C)[C@H]1O[C@]2(C=C[C@H](NCc3ccc(F)cc3)[C@]3(CC[C@@](C)([C@H]4CC[C@](O)(CC)[C@H](C)O4)O3)O2)[C@H](C)C[C@@H]1C. The summed E-state index contributed by atoms with van der Waals surface area (Å²) >= 11 is 0. The van der Waals surface area contributed by atoms with Crippen LogP contribution in [0.15, 0.2) is 36.4 Å². The largest absolute Gasteiger partial charge is 0.481 e. The minimum Gasteiger partial charge on any atom is -0.481 e. The number of hydrogen-bond donors (Lipinski definition) is 4. The number of benzene rings is 1. The summed E-state index contributed by atoms with van der Waals surface area (Å²) in [5, 5.41) is 36.6. The van der Waals surface area contributed by atoms with Crippen LogP contribution in [0.5, 0.6) is 0 Å². The van der Waals surface area contributed by atoms with E-state index in [1.807, 2.05) is 40.7 Å². The molecule has 2 spiro atoms. The van der Waals surface area contributed by atoms with Gasteiger partial charge in [0, 0.05) is 36.6 Å². The van der Waals surface area contributed by atoms with Crippen molar-refractivity contribution in [2.45, 2.75) is 205 Å². The van der Waals surface area contributed by atoms with Crippen molar-refractivity contribution in [3.63, 3.8) is 0 Å². The molecule has 344 valence electrons. The number of halogens is 1. The molecule has 0 bridgehead atoms. The van der Waals surface area contributed by atoms with Crippen LogP contribution in [-0.4, -0.2) is 92.5 Å². The van der Waals surface area contributed by atoms with Gasteiger partial charge >= 0.3 is 5.97 Å². The molecule has 11 nitrogen and oxygen atoms in total. The lowest BCUT2D eigenvalue weighted by molar-refractivity contribution is -0.398. The van der Waals surface area contributed by atoms with Gasteiger partial charge in [0.25, 0.3) is 0 Å². The van der Waals surface area contributed by atoms with E-state index in [0.717, 1.165) is 18.4 Å². The summed E-state index contributed by atoms with van der Waals surface area (Å²) in [6, 6.07) is 6.02. The van der Waals surface area contributed by atoms with Gasteiger partial charge in [0.1, 0.15) is 11.6 Å². The fourth-order valence-corrected chi connectivity index (χ4v) is 11.6. The van der Waals surface area contributed by atoms with Gasteiger partial charge in [0.05, 0.1) is 59.8 Å². The molecule has 1 aromatic carbocycles. The van der Waals surface area contributed by atoms with Crippen molar-refractivity contribution in [2.24, 2.45) is 41.4 Å². The molecule has 5 aliphatic rings. The lowest BCUT2D eigenvalue weighted by Gasteiger charge is -2.55. The zero-order valence-electron chi connectivity index (χ0n) is 38.4. The lowest BCUT2D eigenvalue weighted by Crippen LogP contribution is -2.65. The molecule has 61 heavy (non-hydrogen) atoms. The highest BCUT2D eigenvalue weighted by Crippen LogP contribution is 2.54. The van der Waals surface area contributed by atoms with Crippen molar-refractivity contribution >= 4 is 11.8 Å². The minimum absolute atomic E-state index is 0.00669. The van der Waals surface area contributed by atoms with Gasteiger partial charge in [-0.3, -0.25) is 9.59 Å². The Morgan fingerprint density at radius 2 is 1.59 bits per heavy atom. The summed E-state index contributed by atoms with van der Waals surface area (Å²) in [5.74, 6) is -5.90. The van der Waals surface area contributed by atoms with Crippen LogP contribution in [0.2, 0.25) is 0 Å². The summed E-state index contributed by atoms with van der Waals surface area (Å²) < 4.78 is 48.6. The number of Topliss-reactive ketones (excluding diaryl/α,β-unsaturated/α-hetero) is 1. The van der Waals surface area contributed by atoms with E-state index in [1.165, 1.54) is 12.1 Å². The average Bonchev–Trinajstić information content (AvgIpc) is 3.57. The Balaban J connectivity index is 1.24. The standard InChI is InChI=1S/C49H76FNO10/c1-11-36(45(54)55)38-19-14-28(4)43(58-38)32(8)41(52)31(7)42(53)37(12-2)44-29(5)26-30(6)48(59-44)23-20-39(51-27-34-15-17-35(50)18-16-34)49(61-48)25-24-46(10,60-49)40-21-22-47(56,13-3)33(9)57-40/h15-18,20,23,28-33,36-41,43-44,51-52,56H,11-14,19,21-22,24-27H2,1-10H3,(H,54,55)/t28-,29-,30+,31-,32-,33-,36+,37-,38+,39-,40+,41+,43+,44-,46-,47+,48-,49-/m0/s1. The summed E-state index contributed by atoms with van der Waals surface area (Å²) in [6.07, 6.45) is 7.24. The second kappa shape index (κ2) is 19.0. The Bertz CT molecular complexity index is 1690. The maximum absolute atomic E-state index is 14.7. The first kappa shape index (κ1) is 48.2. The van der Waals surface area contributed by atoms with Crippen LogP contribution in [0, 0.1) is 47.2 Å². The molecule has 6 rings (SSSR count). The van der Waals surface area contributed by atoms with E-state index >= 15 is 0 Å². The van der Waals surface area contributed by atoms with Crippen molar-refractivity contribution in [1.82, 2.24) is 5.32 Å². The van der Waals surface area contributed by atoms with Gasteiger partial charge in [-0.2, -0.15) is 0 Å². The monoisotopic (exact) mass is 858 g/mol. The molecule has 5 heterocycles. The normalized spacial score (nSPS) is 41.6. The highest BCUT2D eigenvalue weighted by atomic mass is 19.1. The maximum atomic E-state index is 14.7. The molecule has 4 fully saturated rings. The predicted molar refractivity (Wildman–Crippen MR) is 230 cm³/mol. The summed E-state index contributed by atoms with van der Waals surface area (Å²) in [7, 11) is 0. The van der Waals surface area contributed by atoms with E-state index in [4.69, 9.17) is 23.7 Å². The fraction of sp³-hybridized carbons (Fsp3) is 0.796. The van der Waals surface area contributed by atoms with Crippen molar-refractivity contribution in [3.05, 3.63) is 47.8 Å². The van der Waals surface area contributed by atoms with Crippen LogP contribution in [0.4, 0.5) is 4.39 Å². The number of carbonyl (C=O) groups is 2. The zero-order valence-corrected chi connectivity index (χ0v) is 38.4. The van der Waals surface area contributed by atoms with E-state index in [2.05, 4.69) is 39.1 Å². The van der Waals surface area contributed by atoms with Gasteiger partial charge in [0.2, 0.25) is 0 Å². The fourth-order valence-electron chi connectivity index (χ4n) is 11.6. The number of nitrogens with one attached hydrogen (secondary N) is 1. The topological polar surface area (TPSA) is 153 Å². The van der Waals surface area contributed by atoms with Crippen molar-refractivity contribution < 1.29 is 53.0 Å². The molecule has 0 aliphatic carbocycles. The predicted octanol–water partition coefficient (Wildman–Crippen LogP) is 8.12. The average molecular weight is 858 g/mol. The number of carbonyl (C=O) groups excluding carboxylic acids is 1. The Morgan fingerprint density at radius 1 is 0.902 bits per heavy atom. The summed E-state index contributed by atoms with van der Waals surface area (Å²) in [5.41, 5.74) is -0.710. The van der Waals surface area contributed by atoms with E-state index in [-0.39, 0.29) is 47.7 Å². The van der Waals surface area contributed by atoms with E-state index in [1.54, 1.807) is 19.1 Å². The Labute approximate surface area is 363 Å². The molecular formula is C49H76FNO10. The molecule has 5 aliphatic heterocycles. The Hall–Kier alpha value is -2.29. The third-order valence-electron chi connectivity index (χ3n) is 15.9. The quantitative estimate of drug-likeness (QED) is 0.127. The molecule has 0 radical (unpaired) electrons. The molecule has 0 saturated carbocycles.